The third kappa shape index (κ3) is 4.27. The highest BCUT2D eigenvalue weighted by molar-refractivity contribution is 5.94. The van der Waals surface area contributed by atoms with Crippen molar-refractivity contribution in [1.82, 2.24) is 20.2 Å². The fraction of sp³-hybridized carbons (Fsp3) is 0.0476. The van der Waals surface area contributed by atoms with E-state index < -0.39 is 11.7 Å². The van der Waals surface area contributed by atoms with Crippen LogP contribution in [0.15, 0.2) is 60.9 Å². The van der Waals surface area contributed by atoms with Gasteiger partial charge in [-0.1, -0.05) is 0 Å². The monoisotopic (exact) mass is 418 g/mol. The van der Waals surface area contributed by atoms with E-state index in [0.717, 1.165) is 23.3 Å². The topological polar surface area (TPSA) is 139 Å². The molecule has 0 fully saturated rings. The number of anilines is 6. The number of H-pyrrole nitrogens is 1. The van der Waals surface area contributed by atoms with E-state index in [0.29, 0.717) is 16.9 Å². The van der Waals surface area contributed by atoms with Crippen LogP contribution in [0.1, 0.15) is 15.9 Å². The van der Waals surface area contributed by atoms with Crippen LogP contribution in [-0.2, 0) is 0 Å². The summed E-state index contributed by atoms with van der Waals surface area (Å²) in [5.74, 6) is -0.679. The Kier molecular flexibility index (Phi) is 5.19. The van der Waals surface area contributed by atoms with E-state index in [1.165, 1.54) is 0 Å². The first-order chi connectivity index (χ1) is 14.9. The molecular formula is C21H19FN8O. The third-order valence-corrected chi connectivity index (χ3v) is 4.47. The lowest BCUT2D eigenvalue weighted by molar-refractivity contribution is 0.1000. The van der Waals surface area contributed by atoms with Gasteiger partial charge in [0.25, 0.3) is 0 Å². The van der Waals surface area contributed by atoms with Crippen LogP contribution in [-0.4, -0.2) is 26.1 Å². The molecule has 1 amide bonds. The molecule has 4 aromatic rings. The molecule has 0 saturated carbocycles. The van der Waals surface area contributed by atoms with Gasteiger partial charge in [0.1, 0.15) is 5.82 Å². The van der Waals surface area contributed by atoms with Gasteiger partial charge in [0.15, 0.2) is 11.6 Å². The summed E-state index contributed by atoms with van der Waals surface area (Å²) < 4.78 is 13.7. The minimum absolute atomic E-state index is 0.147. The molecule has 31 heavy (non-hydrogen) atoms. The maximum Gasteiger partial charge on any atom is 0.248 e. The normalized spacial score (nSPS) is 10.6. The number of rotatable bonds is 6. The van der Waals surface area contributed by atoms with Gasteiger partial charge in [0.05, 0.1) is 18.1 Å². The number of primary amides is 1. The highest BCUT2D eigenvalue weighted by Crippen LogP contribution is 2.34. The maximum atomic E-state index is 13.7. The fourth-order valence-electron chi connectivity index (χ4n) is 3.07. The molecular weight excluding hydrogens is 399 g/mol. The van der Waals surface area contributed by atoms with Crippen molar-refractivity contribution in [2.45, 2.75) is 6.92 Å². The number of hydrogen-bond acceptors (Lipinski definition) is 7. The number of carbonyl (C=O) groups excluding carboxylic acids is 1. The van der Waals surface area contributed by atoms with Gasteiger partial charge in [-0.2, -0.15) is 10.1 Å². The lowest BCUT2D eigenvalue weighted by atomic mass is 10.1. The number of aromatic nitrogens is 4. The quantitative estimate of drug-likeness (QED) is 0.375. The predicted molar refractivity (Wildman–Crippen MR) is 116 cm³/mol. The molecule has 0 aliphatic carbocycles. The van der Waals surface area contributed by atoms with E-state index in [1.807, 2.05) is 37.3 Å². The first-order valence-corrected chi connectivity index (χ1v) is 9.27. The van der Waals surface area contributed by atoms with E-state index in [-0.39, 0.29) is 11.8 Å². The van der Waals surface area contributed by atoms with Crippen LogP contribution < -0.4 is 21.7 Å². The van der Waals surface area contributed by atoms with Crippen molar-refractivity contribution in [2.24, 2.45) is 5.73 Å². The Morgan fingerprint density at radius 1 is 1.13 bits per heavy atom. The first-order valence-electron chi connectivity index (χ1n) is 9.27. The van der Waals surface area contributed by atoms with Crippen LogP contribution in [0.3, 0.4) is 0 Å². The van der Waals surface area contributed by atoms with Gasteiger partial charge in [-0.25, -0.2) is 9.37 Å². The molecule has 0 saturated heterocycles. The number of carbonyl (C=O) groups is 1. The SMILES string of the molecule is Cc1cc(C(N)=O)cc(N(c2ccc(Nc3ccn[nH]3)cc2)c2ncc(F)c(N)n2)c1. The number of amides is 1. The van der Waals surface area contributed by atoms with E-state index in [1.54, 1.807) is 29.3 Å². The Hall–Kier alpha value is -4.47. The minimum Gasteiger partial charge on any atom is -0.381 e. The highest BCUT2D eigenvalue weighted by Gasteiger charge is 2.18. The van der Waals surface area contributed by atoms with Gasteiger partial charge in [-0.05, 0) is 55.0 Å². The number of nitrogens with zero attached hydrogens (tertiary/aromatic N) is 4. The molecule has 0 aliphatic heterocycles. The number of nitrogens with one attached hydrogen (secondary N) is 2. The molecule has 0 bridgehead atoms. The number of hydrogen-bond donors (Lipinski definition) is 4. The largest absolute Gasteiger partial charge is 0.381 e. The molecule has 0 aliphatic rings. The van der Waals surface area contributed by atoms with Crippen molar-refractivity contribution in [2.75, 3.05) is 16.0 Å². The summed E-state index contributed by atoms with van der Waals surface area (Å²) in [7, 11) is 0. The second-order valence-electron chi connectivity index (χ2n) is 6.80. The Bertz CT molecular complexity index is 1220. The molecule has 2 aromatic heterocycles. The average Bonchev–Trinajstić information content (AvgIpc) is 3.25. The van der Waals surface area contributed by atoms with Crippen LogP contribution in [0.2, 0.25) is 0 Å². The highest BCUT2D eigenvalue weighted by atomic mass is 19.1. The predicted octanol–water partition coefficient (Wildman–Crippen LogP) is 3.54. The zero-order valence-electron chi connectivity index (χ0n) is 16.5. The van der Waals surface area contributed by atoms with Gasteiger partial charge in [-0.3, -0.25) is 14.8 Å². The van der Waals surface area contributed by atoms with Gasteiger partial charge in [0, 0.05) is 23.0 Å². The summed E-state index contributed by atoms with van der Waals surface area (Å²) in [4.78, 5) is 21.6. The van der Waals surface area contributed by atoms with Crippen LogP contribution in [0.25, 0.3) is 0 Å². The smallest absolute Gasteiger partial charge is 0.248 e. The van der Waals surface area contributed by atoms with Crippen LogP contribution >= 0.6 is 0 Å². The van der Waals surface area contributed by atoms with Gasteiger partial charge >= 0.3 is 0 Å². The van der Waals surface area contributed by atoms with Crippen molar-refractivity contribution in [1.29, 1.82) is 0 Å². The number of halogens is 1. The Labute approximate surface area is 176 Å². The van der Waals surface area contributed by atoms with Crippen LogP contribution in [0.4, 0.5) is 39.0 Å². The number of aryl methyl sites for hydroxylation is 1. The molecule has 0 unspecified atom stereocenters. The molecule has 0 radical (unpaired) electrons. The number of nitrogen functional groups attached to an aromatic ring is 1. The van der Waals surface area contributed by atoms with E-state index in [2.05, 4.69) is 25.5 Å². The summed E-state index contributed by atoms with van der Waals surface area (Å²) in [5, 5.41) is 9.90. The molecule has 4 rings (SSSR count). The Morgan fingerprint density at radius 3 is 2.55 bits per heavy atom. The van der Waals surface area contributed by atoms with Gasteiger partial charge < -0.3 is 16.8 Å². The average molecular weight is 418 g/mol. The number of benzene rings is 2. The Morgan fingerprint density at radius 2 is 1.90 bits per heavy atom. The lowest BCUT2D eigenvalue weighted by Crippen LogP contribution is -2.17. The summed E-state index contributed by atoms with van der Waals surface area (Å²) in [6, 6.07) is 14.3. The summed E-state index contributed by atoms with van der Waals surface area (Å²) in [6.45, 7) is 1.84. The summed E-state index contributed by atoms with van der Waals surface area (Å²) in [6.07, 6.45) is 2.65. The van der Waals surface area contributed by atoms with E-state index >= 15 is 0 Å². The summed E-state index contributed by atoms with van der Waals surface area (Å²) in [5.41, 5.74) is 14.4. The molecule has 2 heterocycles. The van der Waals surface area contributed by atoms with Crippen LogP contribution in [0.5, 0.6) is 0 Å². The van der Waals surface area contributed by atoms with Crippen molar-refractivity contribution in [3.63, 3.8) is 0 Å². The van der Waals surface area contributed by atoms with Crippen molar-refractivity contribution >= 4 is 40.6 Å². The first kappa shape index (κ1) is 19.8. The minimum atomic E-state index is -0.718. The van der Waals surface area contributed by atoms with Crippen LogP contribution in [0, 0.1) is 12.7 Å². The van der Waals surface area contributed by atoms with Gasteiger partial charge in [-0.15, -0.1) is 0 Å². The van der Waals surface area contributed by atoms with Crippen molar-refractivity contribution < 1.29 is 9.18 Å². The van der Waals surface area contributed by atoms with Gasteiger partial charge in [0.2, 0.25) is 11.9 Å². The molecule has 0 spiro atoms. The molecule has 2 aromatic carbocycles. The maximum absolute atomic E-state index is 13.7. The molecule has 156 valence electrons. The zero-order chi connectivity index (χ0) is 22.0. The third-order valence-electron chi connectivity index (χ3n) is 4.47. The van der Waals surface area contributed by atoms with E-state index in [9.17, 15) is 9.18 Å². The van der Waals surface area contributed by atoms with Crippen molar-refractivity contribution in [3.8, 4) is 0 Å². The lowest BCUT2D eigenvalue weighted by Gasteiger charge is -2.24. The second kappa shape index (κ2) is 8.11. The molecule has 9 nitrogen and oxygen atoms in total. The molecule has 6 N–H and O–H groups in total. The van der Waals surface area contributed by atoms with Crippen molar-refractivity contribution in [3.05, 3.63) is 77.9 Å². The molecule has 10 heteroatoms. The number of nitrogens with two attached hydrogens (primary N) is 2. The van der Waals surface area contributed by atoms with E-state index in [4.69, 9.17) is 11.5 Å². The fourth-order valence-corrected chi connectivity index (χ4v) is 3.07. The standard InChI is InChI=1S/C21H19FN8O/c1-12-8-13(20(24)31)10-16(9-12)30(21-25-11-17(22)19(23)28-21)15-4-2-14(3-5-15)27-18-6-7-26-29-18/h2-11H,1H3,(H2,24,31)(H2,23,25,28)(H2,26,27,29). The zero-order valence-corrected chi connectivity index (χ0v) is 16.5. The second-order valence-corrected chi connectivity index (χ2v) is 6.80. The Balaban J connectivity index is 1.79. The summed E-state index contributed by atoms with van der Waals surface area (Å²) >= 11 is 0. The number of aromatic amines is 1. The molecule has 0 atom stereocenters.